The van der Waals surface area contributed by atoms with Crippen molar-refractivity contribution in [3.8, 4) is 0 Å². The minimum atomic E-state index is -3.63. The first-order valence-electron chi connectivity index (χ1n) is 5.32. The molecule has 0 unspecified atom stereocenters. The minimum absolute atomic E-state index is 0.000819. The average Bonchev–Trinajstić information content (AvgIpc) is 2.24. The summed E-state index contributed by atoms with van der Waals surface area (Å²) >= 11 is 5.84. The minimum Gasteiger partial charge on any atom is -0.267 e. The molecule has 0 amide bonds. The molecule has 100 valence electrons. The third kappa shape index (κ3) is 4.66. The van der Waals surface area contributed by atoms with Crippen LogP contribution in [0.4, 0.5) is 0 Å². The van der Waals surface area contributed by atoms with Crippen molar-refractivity contribution in [3.05, 3.63) is 35.4 Å². The lowest BCUT2D eigenvalue weighted by atomic mass is 9.87. The van der Waals surface area contributed by atoms with Gasteiger partial charge in [-0.2, -0.15) is 8.42 Å². The van der Waals surface area contributed by atoms with Crippen LogP contribution < -0.4 is 0 Å². The number of rotatable bonds is 3. The zero-order chi connectivity index (χ0) is 14.0. The van der Waals surface area contributed by atoms with Crippen molar-refractivity contribution in [3.63, 3.8) is 0 Å². The molecular weight excluding hydrogens is 274 g/mol. The Hall–Kier alpha value is -1.07. The summed E-state index contributed by atoms with van der Waals surface area (Å²) < 4.78 is 25.8. The van der Waals surface area contributed by atoms with Crippen LogP contribution in [0.2, 0.25) is 0 Å². The van der Waals surface area contributed by atoms with Crippen molar-refractivity contribution in [2.75, 3.05) is 6.26 Å². The van der Waals surface area contributed by atoms with Gasteiger partial charge in [0, 0.05) is 5.56 Å². The first-order valence-corrected chi connectivity index (χ1v) is 7.52. The Labute approximate surface area is 113 Å². The van der Waals surface area contributed by atoms with Gasteiger partial charge in [0.1, 0.15) is 0 Å². The lowest BCUT2D eigenvalue weighted by Crippen LogP contribution is -2.11. The van der Waals surface area contributed by atoms with Gasteiger partial charge in [0.05, 0.1) is 6.26 Å². The molecule has 0 aliphatic carbocycles. The SMILES string of the molecule is CC(C)(C)c1ccc(C(Cl)=NOS(C)(=O)=O)cc1. The van der Waals surface area contributed by atoms with Crippen LogP contribution in [0.25, 0.3) is 0 Å². The molecule has 0 aromatic heterocycles. The molecule has 4 nitrogen and oxygen atoms in total. The van der Waals surface area contributed by atoms with Gasteiger partial charge in [-0.1, -0.05) is 61.8 Å². The normalized spacial score (nSPS) is 13.5. The predicted octanol–water partition coefficient (Wildman–Crippen LogP) is 2.86. The Bertz CT molecular complexity index is 542. The summed E-state index contributed by atoms with van der Waals surface area (Å²) in [6, 6.07) is 7.40. The molecular formula is C12H16ClNO3S. The zero-order valence-corrected chi connectivity index (χ0v) is 12.3. The molecule has 0 N–H and O–H groups in total. The van der Waals surface area contributed by atoms with E-state index in [-0.39, 0.29) is 10.6 Å². The van der Waals surface area contributed by atoms with Gasteiger partial charge < -0.3 is 0 Å². The van der Waals surface area contributed by atoms with Gasteiger partial charge in [-0.15, -0.1) is 0 Å². The average molecular weight is 290 g/mol. The van der Waals surface area contributed by atoms with Crippen molar-refractivity contribution < 1.29 is 12.7 Å². The molecule has 1 aromatic rings. The third-order valence-electron chi connectivity index (χ3n) is 2.24. The summed E-state index contributed by atoms with van der Waals surface area (Å²) in [6.45, 7) is 6.30. The quantitative estimate of drug-likeness (QED) is 0.635. The Balaban J connectivity index is 2.92. The Morgan fingerprint density at radius 3 is 2.11 bits per heavy atom. The van der Waals surface area contributed by atoms with E-state index in [0.29, 0.717) is 5.56 Å². The molecule has 1 rings (SSSR count). The highest BCUT2D eigenvalue weighted by molar-refractivity contribution is 7.85. The van der Waals surface area contributed by atoms with Gasteiger partial charge in [0.2, 0.25) is 0 Å². The number of oxime groups is 1. The first kappa shape index (κ1) is 15.0. The van der Waals surface area contributed by atoms with Crippen molar-refractivity contribution >= 4 is 26.9 Å². The van der Waals surface area contributed by atoms with Gasteiger partial charge in [-0.25, -0.2) is 0 Å². The third-order valence-corrected chi connectivity index (χ3v) is 2.87. The van der Waals surface area contributed by atoms with E-state index in [9.17, 15) is 8.42 Å². The van der Waals surface area contributed by atoms with Crippen LogP contribution in [0, 0.1) is 0 Å². The van der Waals surface area contributed by atoms with E-state index in [1.807, 2.05) is 12.1 Å². The smallest absolute Gasteiger partial charge is 0.267 e. The van der Waals surface area contributed by atoms with Crippen molar-refractivity contribution in [1.82, 2.24) is 0 Å². The molecule has 18 heavy (non-hydrogen) atoms. The van der Waals surface area contributed by atoms with Crippen LogP contribution in [0.5, 0.6) is 0 Å². The fourth-order valence-corrected chi connectivity index (χ4v) is 1.67. The molecule has 0 spiro atoms. The summed E-state index contributed by atoms with van der Waals surface area (Å²) in [6.07, 6.45) is 0.906. The largest absolute Gasteiger partial charge is 0.325 e. The van der Waals surface area contributed by atoms with E-state index in [1.54, 1.807) is 12.1 Å². The van der Waals surface area contributed by atoms with Gasteiger partial charge >= 0.3 is 10.1 Å². The monoisotopic (exact) mass is 289 g/mol. The predicted molar refractivity (Wildman–Crippen MR) is 73.5 cm³/mol. The lowest BCUT2D eigenvalue weighted by Gasteiger charge is -2.18. The zero-order valence-electron chi connectivity index (χ0n) is 10.8. The topological polar surface area (TPSA) is 55.7 Å². The molecule has 0 radical (unpaired) electrons. The van der Waals surface area contributed by atoms with E-state index in [1.165, 1.54) is 0 Å². The van der Waals surface area contributed by atoms with E-state index >= 15 is 0 Å². The molecule has 0 saturated carbocycles. The van der Waals surface area contributed by atoms with E-state index in [4.69, 9.17) is 11.6 Å². The van der Waals surface area contributed by atoms with Crippen LogP contribution in [-0.2, 0) is 19.8 Å². The molecule has 1 aromatic carbocycles. The lowest BCUT2D eigenvalue weighted by molar-refractivity contribution is 0.344. The fraction of sp³-hybridized carbons (Fsp3) is 0.417. The summed E-state index contributed by atoms with van der Waals surface area (Å²) in [5.41, 5.74) is 1.80. The summed E-state index contributed by atoms with van der Waals surface area (Å²) in [7, 11) is -3.63. The fourth-order valence-electron chi connectivity index (χ4n) is 1.26. The van der Waals surface area contributed by atoms with Crippen molar-refractivity contribution in [2.24, 2.45) is 5.16 Å². The van der Waals surface area contributed by atoms with E-state index < -0.39 is 10.1 Å². The van der Waals surface area contributed by atoms with Gasteiger partial charge in [0.15, 0.2) is 5.17 Å². The van der Waals surface area contributed by atoms with Crippen LogP contribution in [0.3, 0.4) is 0 Å². The Morgan fingerprint density at radius 2 is 1.72 bits per heavy atom. The second-order valence-electron chi connectivity index (χ2n) is 4.99. The van der Waals surface area contributed by atoms with Crippen LogP contribution >= 0.6 is 11.6 Å². The first-order chi connectivity index (χ1) is 8.09. The van der Waals surface area contributed by atoms with Crippen molar-refractivity contribution in [2.45, 2.75) is 26.2 Å². The number of hydrogen-bond donors (Lipinski definition) is 0. The highest BCUT2D eigenvalue weighted by Crippen LogP contribution is 2.22. The van der Waals surface area contributed by atoms with E-state index in [0.717, 1.165) is 11.8 Å². The maximum absolute atomic E-state index is 10.8. The maximum Gasteiger partial charge on any atom is 0.325 e. The van der Waals surface area contributed by atoms with Crippen LogP contribution in [0.1, 0.15) is 31.9 Å². The molecule has 0 saturated heterocycles. The molecule has 0 atom stereocenters. The summed E-state index contributed by atoms with van der Waals surface area (Å²) in [5.74, 6) is 0. The van der Waals surface area contributed by atoms with Gasteiger partial charge in [-0.3, -0.25) is 4.28 Å². The molecule has 0 aliphatic rings. The number of hydrogen-bond acceptors (Lipinski definition) is 4. The number of halogens is 1. The molecule has 0 aliphatic heterocycles. The number of nitrogens with zero attached hydrogens (tertiary/aromatic N) is 1. The van der Waals surface area contributed by atoms with Crippen LogP contribution in [-0.4, -0.2) is 19.8 Å². The summed E-state index contributed by atoms with van der Waals surface area (Å²) in [5, 5.41) is 3.35. The van der Waals surface area contributed by atoms with Gasteiger partial charge in [0.25, 0.3) is 0 Å². The Morgan fingerprint density at radius 1 is 1.22 bits per heavy atom. The number of benzene rings is 1. The van der Waals surface area contributed by atoms with Crippen LogP contribution in [0.15, 0.2) is 29.4 Å². The molecule has 0 heterocycles. The second-order valence-corrected chi connectivity index (χ2v) is 6.90. The van der Waals surface area contributed by atoms with E-state index in [2.05, 4.69) is 30.2 Å². The molecule has 0 fully saturated rings. The second kappa shape index (κ2) is 5.28. The van der Waals surface area contributed by atoms with Gasteiger partial charge in [-0.05, 0) is 11.0 Å². The maximum atomic E-state index is 10.8. The molecule has 0 bridgehead atoms. The highest BCUT2D eigenvalue weighted by atomic mass is 35.5. The summed E-state index contributed by atoms with van der Waals surface area (Å²) in [4.78, 5) is 0. The molecule has 6 heteroatoms. The van der Waals surface area contributed by atoms with Crippen molar-refractivity contribution in [1.29, 1.82) is 0 Å². The standard InChI is InChI=1S/C12H16ClNO3S/c1-12(2,3)10-7-5-9(6-8-10)11(13)14-17-18(4,15)16/h5-8H,1-4H3. The Kier molecular flexibility index (Phi) is 4.40. The highest BCUT2D eigenvalue weighted by Gasteiger charge is 2.13.